The molecule has 0 unspecified atom stereocenters. The van der Waals surface area contributed by atoms with Crippen molar-refractivity contribution in [2.24, 2.45) is 11.5 Å². The standard InChI is InChI=1S/C18H31N5O5/c1-3-11(15(20)25)21-16(26)12-6-4-8-22(12)17(27)13-7-5-9-23(13)18(28)14(19)10(2)24/h10-14,24H,3-9,19H2,1-2H3,(H2,20,25)(H,21,26)/t10-,11-,12+,13+,14+/m1/s1. The first-order valence-electron chi connectivity index (χ1n) is 9.83. The molecule has 2 aliphatic rings. The molecule has 10 heteroatoms. The van der Waals surface area contributed by atoms with Gasteiger partial charge in [0.2, 0.25) is 23.6 Å². The van der Waals surface area contributed by atoms with Gasteiger partial charge in [-0.3, -0.25) is 19.2 Å². The van der Waals surface area contributed by atoms with Gasteiger partial charge in [0.25, 0.3) is 0 Å². The van der Waals surface area contributed by atoms with Crippen LogP contribution in [0.4, 0.5) is 0 Å². The van der Waals surface area contributed by atoms with Gasteiger partial charge in [-0.2, -0.15) is 0 Å². The van der Waals surface area contributed by atoms with Crippen molar-refractivity contribution in [1.29, 1.82) is 0 Å². The Balaban J connectivity index is 2.10. The Hall–Kier alpha value is -2.20. The number of primary amides is 1. The van der Waals surface area contributed by atoms with E-state index in [1.807, 2.05) is 0 Å². The average molecular weight is 397 g/mol. The molecule has 2 aliphatic heterocycles. The van der Waals surface area contributed by atoms with E-state index in [1.165, 1.54) is 16.7 Å². The maximum atomic E-state index is 13.1. The summed E-state index contributed by atoms with van der Waals surface area (Å²) in [5, 5.41) is 12.2. The van der Waals surface area contributed by atoms with Crippen molar-refractivity contribution in [2.45, 2.75) is 76.2 Å². The number of carbonyl (C=O) groups is 4. The second-order valence-electron chi connectivity index (χ2n) is 7.52. The third-order valence-electron chi connectivity index (χ3n) is 5.53. The van der Waals surface area contributed by atoms with E-state index >= 15 is 0 Å². The summed E-state index contributed by atoms with van der Waals surface area (Å²) in [6, 6.07) is -3.25. The molecular formula is C18H31N5O5. The van der Waals surface area contributed by atoms with Crippen molar-refractivity contribution in [1.82, 2.24) is 15.1 Å². The highest BCUT2D eigenvalue weighted by molar-refractivity contribution is 5.95. The Kier molecular flexibility index (Phi) is 7.36. The number of nitrogens with one attached hydrogen (secondary N) is 1. The van der Waals surface area contributed by atoms with Crippen LogP contribution in [-0.2, 0) is 19.2 Å². The summed E-state index contributed by atoms with van der Waals surface area (Å²) in [5.74, 6) is -1.79. The minimum atomic E-state index is -1.09. The van der Waals surface area contributed by atoms with Crippen LogP contribution in [-0.4, -0.2) is 81.9 Å². The lowest BCUT2D eigenvalue weighted by molar-refractivity contribution is -0.148. The number of aliphatic hydroxyl groups is 1. The van der Waals surface area contributed by atoms with Crippen LogP contribution in [0.2, 0.25) is 0 Å². The smallest absolute Gasteiger partial charge is 0.246 e. The van der Waals surface area contributed by atoms with Gasteiger partial charge in [-0.25, -0.2) is 0 Å². The van der Waals surface area contributed by atoms with Gasteiger partial charge in [0.1, 0.15) is 24.2 Å². The second-order valence-corrected chi connectivity index (χ2v) is 7.52. The molecule has 0 saturated carbocycles. The Morgan fingerprint density at radius 1 is 1.11 bits per heavy atom. The lowest BCUT2D eigenvalue weighted by Crippen LogP contribution is -2.57. The van der Waals surface area contributed by atoms with E-state index in [9.17, 15) is 24.3 Å². The van der Waals surface area contributed by atoms with Gasteiger partial charge in [-0.1, -0.05) is 6.92 Å². The fourth-order valence-corrected chi connectivity index (χ4v) is 3.82. The fraction of sp³-hybridized carbons (Fsp3) is 0.778. The number of hydrogen-bond acceptors (Lipinski definition) is 6. The second kappa shape index (κ2) is 9.33. The van der Waals surface area contributed by atoms with E-state index in [0.717, 1.165) is 0 Å². The van der Waals surface area contributed by atoms with Gasteiger partial charge < -0.3 is 31.7 Å². The Morgan fingerprint density at radius 3 is 2.21 bits per heavy atom. The van der Waals surface area contributed by atoms with Crippen molar-refractivity contribution in [3.05, 3.63) is 0 Å². The first-order chi connectivity index (χ1) is 13.2. The highest BCUT2D eigenvalue weighted by Gasteiger charge is 2.43. The van der Waals surface area contributed by atoms with Crippen LogP contribution in [0.25, 0.3) is 0 Å². The van der Waals surface area contributed by atoms with Crippen molar-refractivity contribution >= 4 is 23.6 Å². The van der Waals surface area contributed by atoms with Crippen LogP contribution in [0.5, 0.6) is 0 Å². The summed E-state index contributed by atoms with van der Waals surface area (Å²) in [5.41, 5.74) is 11.0. The molecule has 0 radical (unpaired) electrons. The molecule has 2 heterocycles. The molecule has 2 rings (SSSR count). The SMILES string of the molecule is CC[C@@H](NC(=O)[C@@H]1CCCN1C(=O)[C@@H]1CCCN1C(=O)[C@@H](N)[C@@H](C)O)C(N)=O. The number of nitrogens with two attached hydrogens (primary N) is 2. The summed E-state index contributed by atoms with van der Waals surface area (Å²) in [6.45, 7) is 3.96. The third-order valence-corrected chi connectivity index (χ3v) is 5.53. The van der Waals surface area contributed by atoms with Crippen molar-refractivity contribution < 1.29 is 24.3 Å². The predicted molar refractivity (Wildman–Crippen MR) is 101 cm³/mol. The van der Waals surface area contributed by atoms with E-state index < -0.39 is 48.0 Å². The van der Waals surface area contributed by atoms with Gasteiger partial charge in [0.15, 0.2) is 0 Å². The summed E-state index contributed by atoms with van der Waals surface area (Å²) >= 11 is 0. The van der Waals surface area contributed by atoms with E-state index in [0.29, 0.717) is 45.2 Å². The zero-order valence-corrected chi connectivity index (χ0v) is 16.5. The average Bonchev–Trinajstić information content (AvgIpc) is 3.32. The monoisotopic (exact) mass is 397 g/mol. The maximum Gasteiger partial charge on any atom is 0.246 e. The van der Waals surface area contributed by atoms with Crippen LogP contribution in [0.3, 0.4) is 0 Å². The topological polar surface area (TPSA) is 159 Å². The molecular weight excluding hydrogens is 366 g/mol. The molecule has 0 aromatic heterocycles. The van der Waals surface area contributed by atoms with Crippen LogP contribution in [0.1, 0.15) is 46.0 Å². The van der Waals surface area contributed by atoms with E-state index in [-0.39, 0.29) is 5.91 Å². The molecule has 2 fully saturated rings. The summed E-state index contributed by atoms with van der Waals surface area (Å²) in [7, 11) is 0. The molecule has 158 valence electrons. The van der Waals surface area contributed by atoms with Crippen molar-refractivity contribution in [3.8, 4) is 0 Å². The molecule has 10 nitrogen and oxygen atoms in total. The lowest BCUT2D eigenvalue weighted by Gasteiger charge is -2.32. The number of carbonyl (C=O) groups excluding carboxylic acids is 4. The number of amides is 4. The summed E-state index contributed by atoms with van der Waals surface area (Å²) in [6.07, 6.45) is 1.63. The molecule has 6 N–H and O–H groups in total. The maximum absolute atomic E-state index is 13.1. The van der Waals surface area contributed by atoms with E-state index in [2.05, 4.69) is 5.32 Å². The van der Waals surface area contributed by atoms with Crippen molar-refractivity contribution in [3.63, 3.8) is 0 Å². The molecule has 2 saturated heterocycles. The molecule has 0 bridgehead atoms. The Labute approximate surface area is 164 Å². The van der Waals surface area contributed by atoms with Crippen LogP contribution >= 0.6 is 0 Å². The first kappa shape index (κ1) is 22.1. The number of aliphatic hydroxyl groups excluding tert-OH is 1. The molecule has 4 amide bonds. The lowest BCUT2D eigenvalue weighted by atomic mass is 10.1. The van der Waals surface area contributed by atoms with Crippen LogP contribution < -0.4 is 16.8 Å². The fourth-order valence-electron chi connectivity index (χ4n) is 3.82. The molecule has 28 heavy (non-hydrogen) atoms. The highest BCUT2D eigenvalue weighted by atomic mass is 16.3. The first-order valence-corrected chi connectivity index (χ1v) is 9.83. The largest absolute Gasteiger partial charge is 0.391 e. The molecule has 0 aromatic carbocycles. The number of rotatable bonds is 7. The molecule has 0 aliphatic carbocycles. The van der Waals surface area contributed by atoms with Crippen LogP contribution in [0, 0.1) is 0 Å². The minimum Gasteiger partial charge on any atom is -0.391 e. The van der Waals surface area contributed by atoms with Crippen molar-refractivity contribution in [2.75, 3.05) is 13.1 Å². The number of likely N-dealkylation sites (tertiary alicyclic amines) is 2. The zero-order chi connectivity index (χ0) is 21.0. The molecule has 5 atom stereocenters. The van der Waals surface area contributed by atoms with Crippen LogP contribution in [0.15, 0.2) is 0 Å². The molecule has 0 spiro atoms. The quantitative estimate of drug-likeness (QED) is 0.391. The van der Waals surface area contributed by atoms with E-state index in [4.69, 9.17) is 11.5 Å². The highest BCUT2D eigenvalue weighted by Crippen LogP contribution is 2.25. The zero-order valence-electron chi connectivity index (χ0n) is 16.5. The Morgan fingerprint density at radius 2 is 1.68 bits per heavy atom. The summed E-state index contributed by atoms with van der Waals surface area (Å²) < 4.78 is 0. The Bertz CT molecular complexity index is 625. The third kappa shape index (κ3) is 4.61. The number of nitrogens with zero attached hydrogens (tertiary/aromatic N) is 2. The van der Waals surface area contributed by atoms with Gasteiger partial charge in [-0.15, -0.1) is 0 Å². The van der Waals surface area contributed by atoms with Gasteiger partial charge in [0, 0.05) is 13.1 Å². The number of hydrogen-bond donors (Lipinski definition) is 4. The normalized spacial score (nSPS) is 25.3. The minimum absolute atomic E-state index is 0.298. The van der Waals surface area contributed by atoms with Gasteiger partial charge in [-0.05, 0) is 39.0 Å². The van der Waals surface area contributed by atoms with E-state index in [1.54, 1.807) is 6.92 Å². The van der Waals surface area contributed by atoms with Gasteiger partial charge >= 0.3 is 0 Å². The predicted octanol–water partition coefficient (Wildman–Crippen LogP) is -1.94. The van der Waals surface area contributed by atoms with Gasteiger partial charge in [0.05, 0.1) is 6.10 Å². The summed E-state index contributed by atoms with van der Waals surface area (Å²) in [4.78, 5) is 52.5. The molecule has 0 aromatic rings.